The van der Waals surface area contributed by atoms with Crippen LogP contribution in [0.4, 0.5) is 0 Å². The van der Waals surface area contributed by atoms with E-state index >= 15 is 0 Å². The molecule has 0 amide bonds. The van der Waals surface area contributed by atoms with E-state index in [1.165, 1.54) is 7.11 Å². The Hall–Kier alpha value is -1.35. The Morgan fingerprint density at radius 1 is 1.41 bits per heavy atom. The fourth-order valence-corrected chi connectivity index (χ4v) is 2.01. The number of carbonyl (C=O) groups is 1. The van der Waals surface area contributed by atoms with Crippen molar-refractivity contribution in [2.75, 3.05) is 7.11 Å². The maximum atomic E-state index is 11.5. The second kappa shape index (κ2) is 5.32. The molecule has 1 N–H and O–H groups in total. The Morgan fingerprint density at radius 3 is 2.53 bits per heavy atom. The Balaban J connectivity index is 3.16. The lowest BCUT2D eigenvalue weighted by atomic mass is 9.76. The van der Waals surface area contributed by atoms with Gasteiger partial charge in [0.1, 0.15) is 0 Å². The molecule has 0 spiro atoms. The lowest BCUT2D eigenvalue weighted by Crippen LogP contribution is -2.41. The van der Waals surface area contributed by atoms with E-state index in [9.17, 15) is 9.90 Å². The summed E-state index contributed by atoms with van der Waals surface area (Å²) in [6.45, 7) is 5.76. The number of esters is 1. The van der Waals surface area contributed by atoms with E-state index in [0.29, 0.717) is 0 Å². The molecule has 1 rings (SSSR count). The van der Waals surface area contributed by atoms with Crippen LogP contribution in [-0.2, 0) is 21.4 Å². The summed E-state index contributed by atoms with van der Waals surface area (Å²) in [6, 6.07) is 7.84. The molecule has 0 bridgehead atoms. The highest BCUT2D eigenvalue weighted by Gasteiger charge is 2.36. The normalized spacial score (nSPS) is 13.2. The molecule has 0 aliphatic carbocycles. The number of carbonyl (C=O) groups excluding carboxylic acids is 1. The molecular weight excluding hydrogens is 216 g/mol. The smallest absolute Gasteiger partial charge is 0.335 e. The van der Waals surface area contributed by atoms with Crippen LogP contribution in [0, 0.1) is 0 Å². The van der Waals surface area contributed by atoms with E-state index in [1.54, 1.807) is 0 Å². The Morgan fingerprint density at radius 2 is 2.00 bits per heavy atom. The van der Waals surface area contributed by atoms with Crippen molar-refractivity contribution in [1.82, 2.24) is 0 Å². The van der Waals surface area contributed by atoms with Crippen LogP contribution in [0.25, 0.3) is 0 Å². The largest absolute Gasteiger partial charge is 0.467 e. The molecule has 1 unspecified atom stereocenters. The van der Waals surface area contributed by atoms with Crippen molar-refractivity contribution in [2.45, 2.75) is 38.7 Å². The fraction of sp³-hybridized carbons (Fsp3) is 0.500. The van der Waals surface area contributed by atoms with E-state index in [1.807, 2.05) is 38.1 Å². The predicted octanol–water partition coefficient (Wildman–Crippen LogP) is 2.06. The Kier molecular flexibility index (Phi) is 4.29. The fourth-order valence-electron chi connectivity index (χ4n) is 2.01. The van der Waals surface area contributed by atoms with Crippen LogP contribution in [0.2, 0.25) is 0 Å². The van der Waals surface area contributed by atoms with Crippen molar-refractivity contribution in [2.24, 2.45) is 0 Å². The summed E-state index contributed by atoms with van der Waals surface area (Å²) >= 11 is 0. The van der Waals surface area contributed by atoms with Crippen molar-refractivity contribution < 1.29 is 14.6 Å². The molecule has 0 aliphatic heterocycles. The monoisotopic (exact) mass is 236 g/mol. The van der Waals surface area contributed by atoms with Gasteiger partial charge in [0, 0.05) is 5.41 Å². The van der Waals surface area contributed by atoms with Gasteiger partial charge in [-0.15, -0.1) is 0 Å². The van der Waals surface area contributed by atoms with Crippen LogP contribution in [-0.4, -0.2) is 24.3 Å². The molecule has 1 aromatic rings. The van der Waals surface area contributed by atoms with Gasteiger partial charge in [0.25, 0.3) is 0 Å². The Labute approximate surface area is 102 Å². The molecule has 0 fully saturated rings. The molecule has 0 radical (unpaired) electrons. The zero-order valence-electron chi connectivity index (χ0n) is 10.9. The summed E-state index contributed by atoms with van der Waals surface area (Å²) in [6.07, 6.45) is -0.284. The van der Waals surface area contributed by atoms with Crippen LogP contribution >= 0.6 is 0 Å². The van der Waals surface area contributed by atoms with Crippen LogP contribution in [0.15, 0.2) is 24.3 Å². The molecule has 1 atom stereocenters. The highest BCUT2D eigenvalue weighted by atomic mass is 16.5. The standard InChI is InChI=1S/C14H20O3/c1-5-10-8-6-7-9-11(10)14(2,3)12(15)13(16)17-4/h6-9,12,15H,5H2,1-4H3. The minimum absolute atomic E-state index is 0.596. The highest BCUT2D eigenvalue weighted by molar-refractivity contribution is 5.76. The minimum atomic E-state index is -1.15. The van der Waals surface area contributed by atoms with Crippen LogP contribution in [0.1, 0.15) is 31.9 Å². The quantitative estimate of drug-likeness (QED) is 0.814. The molecule has 94 valence electrons. The molecule has 1 aromatic carbocycles. The van der Waals surface area contributed by atoms with Crippen molar-refractivity contribution in [3.8, 4) is 0 Å². The third-order valence-electron chi connectivity index (χ3n) is 3.20. The third kappa shape index (κ3) is 2.67. The van der Waals surface area contributed by atoms with Gasteiger partial charge in [0.05, 0.1) is 7.11 Å². The van der Waals surface area contributed by atoms with Gasteiger partial charge in [-0.3, -0.25) is 0 Å². The first kappa shape index (κ1) is 13.7. The van der Waals surface area contributed by atoms with Crippen LogP contribution < -0.4 is 0 Å². The number of methoxy groups -OCH3 is 1. The lowest BCUT2D eigenvalue weighted by molar-refractivity contribution is -0.153. The number of benzene rings is 1. The third-order valence-corrected chi connectivity index (χ3v) is 3.20. The number of hydrogen-bond acceptors (Lipinski definition) is 3. The van der Waals surface area contributed by atoms with Gasteiger partial charge < -0.3 is 9.84 Å². The van der Waals surface area contributed by atoms with Gasteiger partial charge in [-0.2, -0.15) is 0 Å². The van der Waals surface area contributed by atoms with Gasteiger partial charge >= 0.3 is 5.97 Å². The minimum Gasteiger partial charge on any atom is -0.467 e. The lowest BCUT2D eigenvalue weighted by Gasteiger charge is -2.31. The molecule has 0 heterocycles. The first-order chi connectivity index (χ1) is 7.95. The molecule has 0 saturated carbocycles. The first-order valence-corrected chi connectivity index (χ1v) is 5.79. The summed E-state index contributed by atoms with van der Waals surface area (Å²) in [7, 11) is 1.29. The van der Waals surface area contributed by atoms with Crippen molar-refractivity contribution in [3.05, 3.63) is 35.4 Å². The molecular formula is C14H20O3. The number of aliphatic hydroxyl groups is 1. The summed E-state index contributed by atoms with van der Waals surface area (Å²) in [5, 5.41) is 10.0. The summed E-state index contributed by atoms with van der Waals surface area (Å²) in [4.78, 5) is 11.5. The van der Waals surface area contributed by atoms with E-state index in [4.69, 9.17) is 0 Å². The molecule has 3 nitrogen and oxygen atoms in total. The van der Waals surface area contributed by atoms with E-state index < -0.39 is 17.5 Å². The van der Waals surface area contributed by atoms with Crippen molar-refractivity contribution in [1.29, 1.82) is 0 Å². The number of ether oxygens (including phenoxy) is 1. The number of hydrogen-bond donors (Lipinski definition) is 1. The second-order valence-electron chi connectivity index (χ2n) is 4.66. The maximum Gasteiger partial charge on any atom is 0.335 e. The van der Waals surface area contributed by atoms with E-state index in [-0.39, 0.29) is 0 Å². The van der Waals surface area contributed by atoms with Crippen LogP contribution in [0.5, 0.6) is 0 Å². The van der Waals surface area contributed by atoms with Crippen molar-refractivity contribution >= 4 is 5.97 Å². The van der Waals surface area contributed by atoms with Gasteiger partial charge in [-0.1, -0.05) is 45.0 Å². The molecule has 3 heteroatoms. The summed E-state index contributed by atoms with van der Waals surface area (Å²) in [5.74, 6) is -0.596. The Bertz CT molecular complexity index is 396. The molecule has 0 saturated heterocycles. The van der Waals surface area contributed by atoms with Gasteiger partial charge in [-0.05, 0) is 17.5 Å². The van der Waals surface area contributed by atoms with Gasteiger partial charge in [0.15, 0.2) is 6.10 Å². The average Bonchev–Trinajstić information content (AvgIpc) is 2.36. The van der Waals surface area contributed by atoms with Crippen LogP contribution in [0.3, 0.4) is 0 Å². The molecule has 0 aromatic heterocycles. The zero-order valence-corrected chi connectivity index (χ0v) is 10.9. The van der Waals surface area contributed by atoms with Gasteiger partial charge in [0.2, 0.25) is 0 Å². The molecule has 17 heavy (non-hydrogen) atoms. The topological polar surface area (TPSA) is 46.5 Å². The maximum absolute atomic E-state index is 11.5. The SMILES string of the molecule is CCc1ccccc1C(C)(C)C(O)C(=O)OC. The predicted molar refractivity (Wildman–Crippen MR) is 66.9 cm³/mol. The average molecular weight is 236 g/mol. The van der Waals surface area contributed by atoms with E-state index in [0.717, 1.165) is 17.5 Å². The first-order valence-electron chi connectivity index (χ1n) is 5.79. The number of aliphatic hydroxyl groups excluding tert-OH is 1. The van der Waals surface area contributed by atoms with Crippen molar-refractivity contribution in [3.63, 3.8) is 0 Å². The zero-order chi connectivity index (χ0) is 13.1. The second-order valence-corrected chi connectivity index (χ2v) is 4.66. The highest BCUT2D eigenvalue weighted by Crippen LogP contribution is 2.30. The van der Waals surface area contributed by atoms with Gasteiger partial charge in [-0.25, -0.2) is 4.79 Å². The number of rotatable bonds is 4. The van der Waals surface area contributed by atoms with E-state index in [2.05, 4.69) is 11.7 Å². The molecule has 0 aliphatic rings. The summed E-state index contributed by atoms with van der Waals surface area (Å²) in [5.41, 5.74) is 1.47. The summed E-state index contributed by atoms with van der Waals surface area (Å²) < 4.78 is 4.60. The number of aryl methyl sites for hydroxylation is 1.